The zero-order valence-electron chi connectivity index (χ0n) is 14.9. The Kier molecular flexibility index (Phi) is 4.97. The summed E-state index contributed by atoms with van der Waals surface area (Å²) in [4.78, 5) is 24.5. The van der Waals surface area contributed by atoms with E-state index >= 15 is 0 Å². The molecular weight excluding hydrogens is 302 g/mol. The summed E-state index contributed by atoms with van der Waals surface area (Å²) in [6.45, 7) is 2.17. The predicted octanol–water partition coefficient (Wildman–Crippen LogP) is 3.00. The van der Waals surface area contributed by atoms with E-state index in [0.29, 0.717) is 11.0 Å². The lowest BCUT2D eigenvalue weighted by Crippen LogP contribution is -2.51. The first-order valence-corrected chi connectivity index (χ1v) is 9.22. The fourth-order valence-corrected chi connectivity index (χ4v) is 4.51. The molecule has 1 unspecified atom stereocenters. The monoisotopic (exact) mass is 331 g/mol. The Bertz CT molecular complexity index is 659. The number of hydrogen-bond donors (Lipinski definition) is 2. The molecular formula is C19H29N3O2. The molecule has 2 fully saturated rings. The zero-order valence-corrected chi connectivity index (χ0v) is 14.9. The van der Waals surface area contributed by atoms with Crippen molar-refractivity contribution in [2.24, 2.45) is 12.5 Å². The lowest BCUT2D eigenvalue weighted by molar-refractivity contribution is 0.133. The molecule has 1 heterocycles. The van der Waals surface area contributed by atoms with Crippen LogP contribution in [-0.4, -0.2) is 16.6 Å². The van der Waals surface area contributed by atoms with Crippen molar-refractivity contribution < 1.29 is 4.79 Å². The fraction of sp³-hybridized carbons (Fsp3) is 0.684. The van der Waals surface area contributed by atoms with Crippen LogP contribution in [0.4, 0.5) is 4.79 Å². The summed E-state index contributed by atoms with van der Waals surface area (Å²) in [7, 11) is 1.76. The molecule has 2 aliphatic carbocycles. The van der Waals surface area contributed by atoms with Crippen molar-refractivity contribution >= 4 is 6.03 Å². The Balaban J connectivity index is 1.59. The van der Waals surface area contributed by atoms with E-state index in [0.717, 1.165) is 12.1 Å². The van der Waals surface area contributed by atoms with E-state index in [2.05, 4.69) is 10.6 Å². The van der Waals surface area contributed by atoms with Crippen LogP contribution in [0.15, 0.2) is 16.9 Å². The Labute approximate surface area is 143 Å². The lowest BCUT2D eigenvalue weighted by atomic mass is 9.69. The van der Waals surface area contributed by atoms with E-state index < -0.39 is 0 Å². The summed E-state index contributed by atoms with van der Waals surface area (Å²) in [6, 6.07) is 3.85. The summed E-state index contributed by atoms with van der Waals surface area (Å²) in [5.41, 5.74) is 1.83. The van der Waals surface area contributed by atoms with Crippen LogP contribution in [0, 0.1) is 12.3 Å². The summed E-state index contributed by atoms with van der Waals surface area (Å²) >= 11 is 0. The number of aryl methyl sites for hydroxylation is 1. The molecule has 24 heavy (non-hydrogen) atoms. The van der Waals surface area contributed by atoms with Gasteiger partial charge >= 0.3 is 6.03 Å². The normalized spacial score (nSPS) is 22.5. The number of rotatable bonds is 3. The first kappa shape index (κ1) is 17.1. The van der Waals surface area contributed by atoms with Crippen molar-refractivity contribution in [2.45, 2.75) is 70.9 Å². The van der Waals surface area contributed by atoms with E-state index in [4.69, 9.17) is 0 Å². The van der Waals surface area contributed by atoms with Gasteiger partial charge in [-0.2, -0.15) is 0 Å². The van der Waals surface area contributed by atoms with Gasteiger partial charge in [-0.3, -0.25) is 4.79 Å². The highest BCUT2D eigenvalue weighted by Crippen LogP contribution is 2.48. The number of hydrogen-bond acceptors (Lipinski definition) is 2. The second kappa shape index (κ2) is 6.99. The maximum Gasteiger partial charge on any atom is 0.315 e. The average molecular weight is 331 g/mol. The van der Waals surface area contributed by atoms with Crippen molar-refractivity contribution in [3.05, 3.63) is 33.7 Å². The number of carbonyl (C=O) groups excluding carboxylic acids is 1. The summed E-state index contributed by atoms with van der Waals surface area (Å²) in [5, 5.41) is 6.09. The molecule has 2 aliphatic rings. The first-order valence-electron chi connectivity index (χ1n) is 9.22. The van der Waals surface area contributed by atoms with Crippen molar-refractivity contribution in [2.75, 3.05) is 0 Å². The summed E-state index contributed by atoms with van der Waals surface area (Å²) in [6.07, 6.45) is 9.89. The summed E-state index contributed by atoms with van der Waals surface area (Å²) in [5.74, 6) is 0. The van der Waals surface area contributed by atoms with Crippen LogP contribution < -0.4 is 16.2 Å². The highest BCUT2D eigenvalue weighted by atomic mass is 16.2. The van der Waals surface area contributed by atoms with Crippen LogP contribution in [0.5, 0.6) is 0 Å². The second-order valence-electron chi connectivity index (χ2n) is 7.56. The molecule has 0 aliphatic heterocycles. The van der Waals surface area contributed by atoms with Gasteiger partial charge in [0.1, 0.15) is 0 Å². The predicted molar refractivity (Wildman–Crippen MR) is 94.9 cm³/mol. The van der Waals surface area contributed by atoms with Gasteiger partial charge in [0.2, 0.25) is 0 Å². The van der Waals surface area contributed by atoms with Crippen molar-refractivity contribution in [3.63, 3.8) is 0 Å². The SMILES string of the molecule is Cc1ccc(CNC(=O)NC2CCCCC23CCCC3)c(=O)n1C. The van der Waals surface area contributed by atoms with Crippen LogP contribution in [0.25, 0.3) is 0 Å². The average Bonchev–Trinajstić information content (AvgIpc) is 3.03. The molecule has 0 aromatic carbocycles. The third kappa shape index (κ3) is 3.35. The number of urea groups is 1. The molecule has 1 spiro atoms. The first-order chi connectivity index (χ1) is 11.5. The van der Waals surface area contributed by atoms with E-state index in [1.165, 1.54) is 44.9 Å². The highest BCUT2D eigenvalue weighted by Gasteiger charge is 2.43. The van der Waals surface area contributed by atoms with Gasteiger partial charge in [0.15, 0.2) is 0 Å². The van der Waals surface area contributed by atoms with Crippen LogP contribution >= 0.6 is 0 Å². The second-order valence-corrected chi connectivity index (χ2v) is 7.56. The van der Waals surface area contributed by atoms with Gasteiger partial charge < -0.3 is 15.2 Å². The fourth-order valence-electron chi connectivity index (χ4n) is 4.51. The van der Waals surface area contributed by atoms with Crippen molar-refractivity contribution in [1.82, 2.24) is 15.2 Å². The number of pyridine rings is 1. The van der Waals surface area contributed by atoms with Crippen LogP contribution in [0.1, 0.15) is 62.6 Å². The maximum absolute atomic E-state index is 12.4. The molecule has 1 aromatic heterocycles. The number of nitrogens with zero attached hydrogens (tertiary/aromatic N) is 1. The third-order valence-corrected chi connectivity index (χ3v) is 6.13. The number of amides is 2. The van der Waals surface area contributed by atoms with E-state index in [9.17, 15) is 9.59 Å². The molecule has 0 saturated heterocycles. The minimum atomic E-state index is -0.143. The van der Waals surface area contributed by atoms with Gasteiger partial charge in [-0.25, -0.2) is 4.79 Å². The quantitative estimate of drug-likeness (QED) is 0.894. The molecule has 1 aromatic rings. The number of nitrogens with one attached hydrogen (secondary N) is 2. The molecule has 1 atom stereocenters. The molecule has 0 radical (unpaired) electrons. The van der Waals surface area contributed by atoms with Gasteiger partial charge in [0.05, 0.1) is 0 Å². The standard InChI is InChI=1S/C19H29N3O2/c1-14-8-9-15(17(23)22(14)2)13-20-18(24)21-16-7-3-4-10-19(16)11-5-6-12-19/h8-9,16H,3-7,10-13H2,1-2H3,(H2,20,21,24). The lowest BCUT2D eigenvalue weighted by Gasteiger charge is -2.42. The van der Waals surface area contributed by atoms with E-state index in [1.807, 2.05) is 13.0 Å². The van der Waals surface area contributed by atoms with Gasteiger partial charge in [-0.05, 0) is 44.1 Å². The molecule has 2 N–H and O–H groups in total. The van der Waals surface area contributed by atoms with Crippen LogP contribution in [-0.2, 0) is 13.6 Å². The Morgan fingerprint density at radius 2 is 1.88 bits per heavy atom. The molecule has 5 nitrogen and oxygen atoms in total. The van der Waals surface area contributed by atoms with E-state index in [-0.39, 0.29) is 24.2 Å². The molecule has 2 amide bonds. The molecule has 5 heteroatoms. The van der Waals surface area contributed by atoms with Gasteiger partial charge in [0, 0.05) is 30.9 Å². The molecule has 3 rings (SSSR count). The molecule has 0 bridgehead atoms. The van der Waals surface area contributed by atoms with Crippen LogP contribution in [0.3, 0.4) is 0 Å². The Hall–Kier alpha value is -1.78. The minimum Gasteiger partial charge on any atom is -0.335 e. The Morgan fingerprint density at radius 1 is 1.21 bits per heavy atom. The van der Waals surface area contributed by atoms with Crippen LogP contribution in [0.2, 0.25) is 0 Å². The Morgan fingerprint density at radius 3 is 2.58 bits per heavy atom. The maximum atomic E-state index is 12.4. The van der Waals surface area contributed by atoms with Crippen molar-refractivity contribution in [3.8, 4) is 0 Å². The highest BCUT2D eigenvalue weighted by molar-refractivity contribution is 5.74. The molecule has 132 valence electrons. The number of carbonyl (C=O) groups is 1. The zero-order chi connectivity index (χ0) is 17.2. The smallest absolute Gasteiger partial charge is 0.315 e. The largest absolute Gasteiger partial charge is 0.335 e. The van der Waals surface area contributed by atoms with Gasteiger partial charge in [-0.15, -0.1) is 0 Å². The van der Waals surface area contributed by atoms with E-state index in [1.54, 1.807) is 17.7 Å². The third-order valence-electron chi connectivity index (χ3n) is 6.13. The minimum absolute atomic E-state index is 0.0415. The van der Waals surface area contributed by atoms with Gasteiger partial charge in [-0.1, -0.05) is 31.7 Å². The van der Waals surface area contributed by atoms with Gasteiger partial charge in [0.25, 0.3) is 5.56 Å². The number of aromatic nitrogens is 1. The summed E-state index contributed by atoms with van der Waals surface area (Å²) < 4.78 is 1.61. The topological polar surface area (TPSA) is 63.1 Å². The molecule has 2 saturated carbocycles. The van der Waals surface area contributed by atoms with Crippen molar-refractivity contribution in [1.29, 1.82) is 0 Å².